The molecular formula is C21H30N2O. The highest BCUT2D eigenvalue weighted by atomic mass is 16.5. The smallest absolute Gasteiger partial charge is 0.139 e. The van der Waals surface area contributed by atoms with Crippen LogP contribution in [0, 0.1) is 5.92 Å². The quantitative estimate of drug-likeness (QED) is 0.814. The first-order valence-electron chi connectivity index (χ1n) is 8.91. The van der Waals surface area contributed by atoms with Gasteiger partial charge in [-0.05, 0) is 38.2 Å². The van der Waals surface area contributed by atoms with Crippen molar-refractivity contribution in [1.29, 1.82) is 0 Å². The summed E-state index contributed by atoms with van der Waals surface area (Å²) in [5.74, 6) is 1.67. The van der Waals surface area contributed by atoms with Crippen molar-refractivity contribution in [2.75, 3.05) is 6.61 Å². The maximum atomic E-state index is 5.86. The van der Waals surface area contributed by atoms with E-state index in [-0.39, 0.29) is 11.0 Å². The second-order valence-electron chi connectivity index (χ2n) is 8.85. The monoisotopic (exact) mass is 326 g/mol. The van der Waals surface area contributed by atoms with Gasteiger partial charge in [0.25, 0.3) is 0 Å². The van der Waals surface area contributed by atoms with Gasteiger partial charge in [-0.2, -0.15) is 0 Å². The van der Waals surface area contributed by atoms with E-state index >= 15 is 0 Å². The molecule has 1 aliphatic rings. The van der Waals surface area contributed by atoms with E-state index in [9.17, 15) is 0 Å². The van der Waals surface area contributed by atoms with Gasteiger partial charge in [0.15, 0.2) is 0 Å². The zero-order valence-electron chi connectivity index (χ0n) is 15.9. The molecule has 130 valence electrons. The van der Waals surface area contributed by atoms with E-state index in [0.29, 0.717) is 5.92 Å². The minimum atomic E-state index is 0.0426. The van der Waals surface area contributed by atoms with Crippen LogP contribution in [0.15, 0.2) is 30.5 Å². The third-order valence-electron chi connectivity index (χ3n) is 4.87. The van der Waals surface area contributed by atoms with Crippen molar-refractivity contribution in [3.05, 3.63) is 41.7 Å². The summed E-state index contributed by atoms with van der Waals surface area (Å²) in [7, 11) is 2.07. The fourth-order valence-electron chi connectivity index (χ4n) is 3.51. The number of hydrogen-bond donors (Lipinski definition) is 0. The minimum absolute atomic E-state index is 0.0426. The van der Waals surface area contributed by atoms with Crippen LogP contribution in [0.5, 0.6) is 0 Å². The van der Waals surface area contributed by atoms with Crippen molar-refractivity contribution >= 4 is 0 Å². The summed E-state index contributed by atoms with van der Waals surface area (Å²) >= 11 is 0. The highest BCUT2D eigenvalue weighted by Gasteiger charge is 2.31. The molecule has 0 radical (unpaired) electrons. The summed E-state index contributed by atoms with van der Waals surface area (Å²) in [5, 5.41) is 0. The van der Waals surface area contributed by atoms with E-state index in [1.54, 1.807) is 0 Å². The molecule has 1 saturated heterocycles. The van der Waals surface area contributed by atoms with Gasteiger partial charge in [-0.1, -0.05) is 45.0 Å². The van der Waals surface area contributed by atoms with Crippen LogP contribution in [0.2, 0.25) is 0 Å². The molecule has 2 heterocycles. The predicted molar refractivity (Wildman–Crippen MR) is 99.2 cm³/mol. The summed E-state index contributed by atoms with van der Waals surface area (Å²) in [6.45, 7) is 11.9. The Kier molecular flexibility index (Phi) is 4.33. The van der Waals surface area contributed by atoms with Crippen molar-refractivity contribution in [3.8, 4) is 11.4 Å². The van der Waals surface area contributed by atoms with Crippen LogP contribution in [-0.2, 0) is 23.6 Å². The second kappa shape index (κ2) is 6.03. The average molecular weight is 326 g/mol. The van der Waals surface area contributed by atoms with Crippen molar-refractivity contribution < 1.29 is 4.74 Å². The molecule has 1 aromatic heterocycles. The molecule has 0 amide bonds. The van der Waals surface area contributed by atoms with Crippen LogP contribution in [-0.4, -0.2) is 21.8 Å². The molecule has 1 fully saturated rings. The van der Waals surface area contributed by atoms with Gasteiger partial charge in [0.05, 0.1) is 17.9 Å². The Morgan fingerprint density at radius 3 is 2.38 bits per heavy atom. The lowest BCUT2D eigenvalue weighted by atomic mass is 9.92. The zero-order valence-corrected chi connectivity index (χ0v) is 15.9. The Labute approximate surface area is 146 Å². The molecule has 0 aliphatic carbocycles. The molecule has 3 heteroatoms. The standard InChI is InChI=1S/C21H30N2O/c1-20(2,3)18-13-23(6)19(22-18)17-9-7-15(8-10-17)11-16-12-21(4,5)24-14-16/h7-10,13,16H,11-12,14H2,1-6H3/t16-/m1/s1. The number of imidazole rings is 1. The third-order valence-corrected chi connectivity index (χ3v) is 4.87. The van der Waals surface area contributed by atoms with Gasteiger partial charge < -0.3 is 9.30 Å². The number of aryl methyl sites for hydroxylation is 1. The van der Waals surface area contributed by atoms with Gasteiger partial charge in [-0.25, -0.2) is 4.98 Å². The molecule has 1 atom stereocenters. The SMILES string of the molecule is Cn1cc(C(C)(C)C)nc1-c1ccc(C[C@H]2COC(C)(C)C2)cc1. The predicted octanol–water partition coefficient (Wildman–Crippen LogP) is 4.74. The summed E-state index contributed by atoms with van der Waals surface area (Å²) in [4.78, 5) is 4.85. The Morgan fingerprint density at radius 1 is 1.21 bits per heavy atom. The highest BCUT2D eigenvalue weighted by Crippen LogP contribution is 2.32. The molecule has 3 rings (SSSR count). The molecule has 0 saturated carbocycles. The fraction of sp³-hybridized carbons (Fsp3) is 0.571. The summed E-state index contributed by atoms with van der Waals surface area (Å²) < 4.78 is 7.98. The first-order valence-corrected chi connectivity index (χ1v) is 8.91. The van der Waals surface area contributed by atoms with E-state index in [4.69, 9.17) is 9.72 Å². The lowest BCUT2D eigenvalue weighted by Crippen LogP contribution is -2.16. The molecule has 0 bridgehead atoms. The van der Waals surface area contributed by atoms with Crippen molar-refractivity contribution in [1.82, 2.24) is 9.55 Å². The molecule has 1 aromatic carbocycles. The third kappa shape index (κ3) is 3.72. The van der Waals surface area contributed by atoms with Crippen molar-refractivity contribution in [3.63, 3.8) is 0 Å². The Balaban J connectivity index is 1.74. The van der Waals surface area contributed by atoms with Crippen LogP contribution in [0.25, 0.3) is 11.4 Å². The van der Waals surface area contributed by atoms with E-state index in [1.807, 2.05) is 0 Å². The zero-order chi connectivity index (χ0) is 17.5. The Hall–Kier alpha value is -1.61. The van der Waals surface area contributed by atoms with Gasteiger partial charge in [0, 0.05) is 24.2 Å². The normalized spacial score (nSPS) is 20.5. The number of benzene rings is 1. The molecule has 3 nitrogen and oxygen atoms in total. The first kappa shape index (κ1) is 17.2. The van der Waals surface area contributed by atoms with Gasteiger partial charge in [0.2, 0.25) is 0 Å². The Bertz CT molecular complexity index is 704. The van der Waals surface area contributed by atoms with E-state index < -0.39 is 0 Å². The van der Waals surface area contributed by atoms with Gasteiger partial charge in [-0.3, -0.25) is 0 Å². The molecule has 0 unspecified atom stereocenters. The van der Waals surface area contributed by atoms with Crippen LogP contribution >= 0.6 is 0 Å². The van der Waals surface area contributed by atoms with Gasteiger partial charge in [0.1, 0.15) is 5.82 Å². The summed E-state index contributed by atoms with van der Waals surface area (Å²) in [5.41, 5.74) is 3.82. The second-order valence-corrected chi connectivity index (χ2v) is 8.85. The minimum Gasteiger partial charge on any atom is -0.375 e. The number of aromatic nitrogens is 2. The van der Waals surface area contributed by atoms with Crippen LogP contribution in [0.3, 0.4) is 0 Å². The highest BCUT2D eigenvalue weighted by molar-refractivity contribution is 5.56. The number of ether oxygens (including phenoxy) is 1. The van der Waals surface area contributed by atoms with Crippen molar-refractivity contribution in [2.24, 2.45) is 13.0 Å². The van der Waals surface area contributed by atoms with E-state index in [1.165, 1.54) is 11.1 Å². The summed E-state index contributed by atoms with van der Waals surface area (Å²) in [6, 6.07) is 8.88. The number of rotatable bonds is 3. The maximum absolute atomic E-state index is 5.86. The maximum Gasteiger partial charge on any atom is 0.139 e. The van der Waals surface area contributed by atoms with E-state index in [2.05, 4.69) is 76.7 Å². The molecule has 24 heavy (non-hydrogen) atoms. The molecular weight excluding hydrogens is 296 g/mol. The topological polar surface area (TPSA) is 27.1 Å². The molecule has 1 aliphatic heterocycles. The van der Waals surface area contributed by atoms with E-state index in [0.717, 1.165) is 31.0 Å². The largest absolute Gasteiger partial charge is 0.375 e. The summed E-state index contributed by atoms with van der Waals surface area (Å²) in [6.07, 6.45) is 4.38. The molecule has 0 spiro atoms. The number of nitrogens with zero attached hydrogens (tertiary/aromatic N) is 2. The van der Waals surface area contributed by atoms with Crippen LogP contribution < -0.4 is 0 Å². The lowest BCUT2D eigenvalue weighted by molar-refractivity contribution is 0.0350. The molecule has 0 N–H and O–H groups in total. The number of hydrogen-bond acceptors (Lipinski definition) is 2. The van der Waals surface area contributed by atoms with Gasteiger partial charge >= 0.3 is 0 Å². The van der Waals surface area contributed by atoms with Crippen LogP contribution in [0.1, 0.15) is 52.3 Å². The lowest BCUT2D eigenvalue weighted by Gasteiger charge is -2.15. The Morgan fingerprint density at radius 2 is 1.88 bits per heavy atom. The van der Waals surface area contributed by atoms with Crippen LogP contribution in [0.4, 0.5) is 0 Å². The van der Waals surface area contributed by atoms with Crippen molar-refractivity contribution in [2.45, 2.75) is 58.5 Å². The van der Waals surface area contributed by atoms with Gasteiger partial charge in [-0.15, -0.1) is 0 Å². The first-order chi connectivity index (χ1) is 11.1. The average Bonchev–Trinajstić information content (AvgIpc) is 3.02. The fourth-order valence-corrected chi connectivity index (χ4v) is 3.51. The molecule has 2 aromatic rings.